The quantitative estimate of drug-likeness (QED) is 0.700. The Morgan fingerprint density at radius 3 is 2.62 bits per heavy atom. The average Bonchev–Trinajstić information content (AvgIpc) is 2.41. The summed E-state index contributed by atoms with van der Waals surface area (Å²) < 4.78 is 0. The van der Waals surface area contributed by atoms with Crippen LogP contribution in [0.3, 0.4) is 0 Å². The van der Waals surface area contributed by atoms with Crippen molar-refractivity contribution in [2.45, 2.75) is 5.50 Å². The summed E-state index contributed by atoms with van der Waals surface area (Å²) in [6.07, 6.45) is 5.42. The number of carbonyl (C=O) groups is 1. The molecule has 0 bridgehead atoms. The number of amides is 2. The van der Waals surface area contributed by atoms with Crippen LogP contribution >= 0.6 is 36.6 Å². The zero-order valence-electron chi connectivity index (χ0n) is 6.49. The Kier molecular flexibility index (Phi) is 4.46. The largest absolute Gasteiger partial charge is 0.351 e. The first-order chi connectivity index (χ1) is 5.29. The molecule has 13 heavy (non-hydrogen) atoms. The lowest BCUT2D eigenvalue weighted by molar-refractivity contribution is 0.213. The molecule has 1 atom stereocenters. The number of carbonyl (C=O) groups excluding carboxylic acids is 1. The minimum atomic E-state index is -0.412. The zero-order chi connectivity index (χ0) is 7.84. The minimum Gasteiger partial charge on any atom is -0.351 e. The van der Waals surface area contributed by atoms with Gasteiger partial charge in [0.15, 0.2) is 5.50 Å². The fourth-order valence-corrected chi connectivity index (χ4v) is 1.99. The maximum absolute atomic E-state index is 10.8. The molecule has 2 amide bonds. The molecule has 74 valence electrons. The van der Waals surface area contributed by atoms with Crippen molar-refractivity contribution in [3.63, 3.8) is 0 Å². The Labute approximate surface area is 92.6 Å². The average molecular weight is 242 g/mol. The summed E-state index contributed by atoms with van der Waals surface area (Å²) in [7, 11) is 0. The summed E-state index contributed by atoms with van der Waals surface area (Å²) >= 11 is 1.56. The number of hydrogen-bond acceptors (Lipinski definition) is 3. The molecule has 2 aliphatic rings. The summed E-state index contributed by atoms with van der Waals surface area (Å²) in [6.45, 7) is 0. The maximum atomic E-state index is 10.8. The number of hydrogen-bond donors (Lipinski definition) is 1. The lowest BCUT2D eigenvalue weighted by atomic mass is 10.7. The van der Waals surface area contributed by atoms with Gasteiger partial charge in [-0.15, -0.1) is 24.8 Å². The molecule has 0 aromatic rings. The van der Waals surface area contributed by atoms with Gasteiger partial charge in [0.25, 0.3) is 0 Å². The highest BCUT2D eigenvalue weighted by molar-refractivity contribution is 8.02. The van der Waals surface area contributed by atoms with Crippen molar-refractivity contribution in [1.82, 2.24) is 9.80 Å². The predicted molar refractivity (Wildman–Crippen MR) is 57.4 cm³/mol. The number of rotatable bonds is 0. The molecule has 4 nitrogen and oxygen atoms in total. The standard InChI is InChI=1S/C6H7N3OS.2ClH/c7-5(10)9-2-1-8-3-4-11-6(8)9;;/h1-4,6H,(H2,7,10);2*1H. The van der Waals surface area contributed by atoms with Crippen LogP contribution in [-0.2, 0) is 0 Å². The van der Waals surface area contributed by atoms with Crippen molar-refractivity contribution in [1.29, 1.82) is 0 Å². The van der Waals surface area contributed by atoms with Crippen molar-refractivity contribution in [2.24, 2.45) is 5.73 Å². The van der Waals surface area contributed by atoms with Gasteiger partial charge in [-0.05, 0) is 5.41 Å². The minimum absolute atomic E-state index is 0. The lowest BCUT2D eigenvalue weighted by Crippen LogP contribution is -2.38. The molecule has 2 N–H and O–H groups in total. The molecule has 2 heterocycles. The highest BCUT2D eigenvalue weighted by Crippen LogP contribution is 2.32. The van der Waals surface area contributed by atoms with E-state index in [1.807, 2.05) is 22.7 Å². The Hall–Kier alpha value is -0.520. The van der Waals surface area contributed by atoms with E-state index >= 15 is 0 Å². The fraction of sp³-hybridized carbons (Fsp3) is 0.167. The van der Waals surface area contributed by atoms with Crippen molar-refractivity contribution in [3.05, 3.63) is 24.0 Å². The van der Waals surface area contributed by atoms with E-state index in [1.54, 1.807) is 18.0 Å². The molecule has 1 unspecified atom stereocenters. The van der Waals surface area contributed by atoms with Crippen LogP contribution in [-0.4, -0.2) is 21.3 Å². The van der Waals surface area contributed by atoms with Gasteiger partial charge in [0.2, 0.25) is 0 Å². The highest BCUT2D eigenvalue weighted by atomic mass is 35.5. The van der Waals surface area contributed by atoms with Gasteiger partial charge in [0.05, 0.1) is 0 Å². The van der Waals surface area contributed by atoms with Gasteiger partial charge in [0.1, 0.15) is 0 Å². The first kappa shape index (κ1) is 12.5. The molecule has 7 heteroatoms. The fourth-order valence-electron chi connectivity index (χ4n) is 1.06. The van der Waals surface area contributed by atoms with Crippen molar-refractivity contribution in [2.75, 3.05) is 0 Å². The Bertz CT molecular complexity index is 258. The van der Waals surface area contributed by atoms with Gasteiger partial charge in [-0.25, -0.2) is 4.79 Å². The first-order valence-electron chi connectivity index (χ1n) is 3.15. The predicted octanol–water partition coefficient (Wildman–Crippen LogP) is 1.50. The van der Waals surface area contributed by atoms with Crippen molar-refractivity contribution in [3.8, 4) is 0 Å². The smallest absolute Gasteiger partial charge is 0.321 e. The van der Waals surface area contributed by atoms with Crippen LogP contribution in [0.2, 0.25) is 0 Å². The number of fused-ring (bicyclic) bond motifs is 1. The van der Waals surface area contributed by atoms with Crippen molar-refractivity contribution >= 4 is 42.6 Å². The summed E-state index contributed by atoms with van der Waals surface area (Å²) in [4.78, 5) is 14.2. The van der Waals surface area contributed by atoms with Crippen LogP contribution < -0.4 is 5.73 Å². The van der Waals surface area contributed by atoms with Crippen LogP contribution in [0.25, 0.3) is 0 Å². The van der Waals surface area contributed by atoms with Gasteiger partial charge in [-0.2, -0.15) is 0 Å². The van der Waals surface area contributed by atoms with E-state index in [1.165, 1.54) is 4.90 Å². The van der Waals surface area contributed by atoms with Gasteiger partial charge in [-0.1, -0.05) is 11.8 Å². The van der Waals surface area contributed by atoms with Crippen LogP contribution in [0.4, 0.5) is 4.79 Å². The SMILES string of the molecule is Cl.Cl.NC(=O)N1C=CN2C=CSC21. The topological polar surface area (TPSA) is 49.6 Å². The second-order valence-corrected chi connectivity index (χ2v) is 3.20. The van der Waals surface area contributed by atoms with E-state index in [0.717, 1.165) is 0 Å². The lowest BCUT2D eigenvalue weighted by Gasteiger charge is -2.21. The van der Waals surface area contributed by atoms with Crippen LogP contribution in [0.1, 0.15) is 0 Å². The van der Waals surface area contributed by atoms with E-state index in [2.05, 4.69) is 0 Å². The van der Waals surface area contributed by atoms with Crippen LogP contribution in [0, 0.1) is 0 Å². The van der Waals surface area contributed by atoms with E-state index in [4.69, 9.17) is 5.73 Å². The molecular formula is C6H9Cl2N3OS. The number of urea groups is 1. The van der Waals surface area contributed by atoms with Gasteiger partial charge < -0.3 is 10.6 Å². The number of nitrogens with two attached hydrogens (primary N) is 1. The molecule has 2 rings (SSSR count). The molecular weight excluding hydrogens is 233 g/mol. The summed E-state index contributed by atoms with van der Waals surface area (Å²) in [5, 5.41) is 1.93. The molecule has 0 saturated heterocycles. The molecule has 0 aromatic heterocycles. The van der Waals surface area contributed by atoms with E-state index in [0.29, 0.717) is 0 Å². The van der Waals surface area contributed by atoms with Crippen LogP contribution in [0.15, 0.2) is 24.0 Å². The third kappa shape index (κ3) is 2.04. The Morgan fingerprint density at radius 2 is 2.00 bits per heavy atom. The normalized spacial score (nSPS) is 22.3. The molecule has 0 spiro atoms. The highest BCUT2D eigenvalue weighted by Gasteiger charge is 2.30. The second kappa shape index (κ2) is 4.64. The Balaban J connectivity index is 0.000000720. The van der Waals surface area contributed by atoms with E-state index < -0.39 is 6.03 Å². The number of thioether (sulfide) groups is 1. The third-order valence-corrected chi connectivity index (χ3v) is 2.57. The molecule has 0 aromatic carbocycles. The maximum Gasteiger partial charge on any atom is 0.321 e. The van der Waals surface area contributed by atoms with Crippen molar-refractivity contribution < 1.29 is 4.79 Å². The molecule has 2 aliphatic heterocycles. The summed E-state index contributed by atoms with van der Waals surface area (Å²) in [5.41, 5.74) is 5.14. The van der Waals surface area contributed by atoms with Gasteiger partial charge in [0, 0.05) is 18.6 Å². The molecule has 0 radical (unpaired) electrons. The molecule has 0 aliphatic carbocycles. The number of primary amides is 1. The number of nitrogens with zero attached hydrogens (tertiary/aromatic N) is 2. The van der Waals surface area contributed by atoms with Crippen LogP contribution in [0.5, 0.6) is 0 Å². The summed E-state index contributed by atoms with van der Waals surface area (Å²) in [6, 6.07) is -0.412. The van der Waals surface area contributed by atoms with E-state index in [9.17, 15) is 4.79 Å². The Morgan fingerprint density at radius 1 is 1.31 bits per heavy atom. The van der Waals surface area contributed by atoms with Gasteiger partial charge in [-0.3, -0.25) is 4.90 Å². The van der Waals surface area contributed by atoms with Gasteiger partial charge >= 0.3 is 6.03 Å². The first-order valence-corrected chi connectivity index (χ1v) is 4.09. The summed E-state index contributed by atoms with van der Waals surface area (Å²) in [5.74, 6) is 0. The third-order valence-electron chi connectivity index (χ3n) is 1.58. The molecule has 0 fully saturated rings. The second-order valence-electron chi connectivity index (χ2n) is 2.24. The monoisotopic (exact) mass is 241 g/mol. The molecule has 0 saturated carbocycles. The zero-order valence-corrected chi connectivity index (χ0v) is 8.94. The number of halogens is 2. The van der Waals surface area contributed by atoms with E-state index in [-0.39, 0.29) is 30.3 Å².